The second-order valence-electron chi connectivity index (χ2n) is 5.84. The predicted molar refractivity (Wildman–Crippen MR) is 105 cm³/mol. The molecule has 0 bridgehead atoms. The number of amides is 1. The molecule has 0 saturated carbocycles. The van der Waals surface area contributed by atoms with Crippen LogP contribution in [0.1, 0.15) is 23.6 Å². The Hall–Kier alpha value is -3.11. The topological polar surface area (TPSA) is 86.2 Å². The van der Waals surface area contributed by atoms with Gasteiger partial charge in [0, 0.05) is 5.69 Å². The first-order valence-corrected chi connectivity index (χ1v) is 8.40. The highest BCUT2D eigenvalue weighted by Crippen LogP contribution is 2.14. The molecule has 26 heavy (non-hydrogen) atoms. The summed E-state index contributed by atoms with van der Waals surface area (Å²) in [7, 11) is 0. The molecule has 134 valence electrons. The highest BCUT2D eigenvalue weighted by atomic mass is 32.1. The summed E-state index contributed by atoms with van der Waals surface area (Å²) < 4.78 is 5.53. The predicted octanol–water partition coefficient (Wildman–Crippen LogP) is 2.96. The molecule has 0 heterocycles. The van der Waals surface area contributed by atoms with E-state index in [1.807, 2.05) is 32.0 Å². The minimum atomic E-state index is -0.737. The fourth-order valence-corrected chi connectivity index (χ4v) is 2.46. The maximum atomic E-state index is 12.1. The van der Waals surface area contributed by atoms with Crippen LogP contribution in [0.25, 0.3) is 0 Å². The Morgan fingerprint density at radius 2 is 1.73 bits per heavy atom. The lowest BCUT2D eigenvalue weighted by Gasteiger charge is -2.17. The summed E-state index contributed by atoms with van der Waals surface area (Å²) in [6.45, 7) is 5.62. The van der Waals surface area contributed by atoms with Crippen molar-refractivity contribution >= 4 is 28.9 Å². The summed E-state index contributed by atoms with van der Waals surface area (Å²) in [5.41, 5.74) is 8.76. The number of anilines is 1. The summed E-state index contributed by atoms with van der Waals surface area (Å²) in [4.78, 5) is 12.1. The monoisotopic (exact) mass is 368 g/mol. The zero-order valence-electron chi connectivity index (χ0n) is 14.8. The smallest absolute Gasteiger partial charge is 0.279 e. The molecule has 1 amide bonds. The van der Waals surface area contributed by atoms with Crippen molar-refractivity contribution in [3.63, 3.8) is 0 Å². The van der Waals surface area contributed by atoms with Crippen LogP contribution in [0.3, 0.4) is 0 Å². The maximum Gasteiger partial charge on any atom is 0.279 e. The Labute approximate surface area is 158 Å². The van der Waals surface area contributed by atoms with E-state index < -0.39 is 6.10 Å². The Morgan fingerprint density at radius 1 is 1.12 bits per heavy atom. The van der Waals surface area contributed by atoms with Gasteiger partial charge in [0.15, 0.2) is 11.2 Å². The number of thiocarbonyl (C=S) groups is 1. The molecular weight excluding hydrogens is 348 g/mol. The standard InChI is InChI=1S/C19H20N4O2S/c1-12-8-13(2)10-16(9-12)21-19(26)23-22-18(24)14(3)25-17-6-4-15(11-20)5-7-17/h4-10,14H,1-3H3,(H,22,24)(H2,21,23,26)/t14-/m0/s1. The van der Waals surface area contributed by atoms with Crippen LogP contribution in [0.5, 0.6) is 5.75 Å². The Bertz CT molecular complexity index is 823. The lowest BCUT2D eigenvalue weighted by molar-refractivity contribution is -0.127. The van der Waals surface area contributed by atoms with Crippen LogP contribution in [0, 0.1) is 25.2 Å². The molecule has 3 N–H and O–H groups in total. The third-order valence-corrected chi connectivity index (χ3v) is 3.65. The molecule has 2 rings (SSSR count). The first-order valence-electron chi connectivity index (χ1n) is 7.99. The molecule has 1 atom stereocenters. The summed E-state index contributed by atoms with van der Waals surface area (Å²) >= 11 is 5.18. The van der Waals surface area contributed by atoms with Gasteiger partial charge in [-0.1, -0.05) is 6.07 Å². The molecule has 0 spiro atoms. The molecule has 0 aliphatic rings. The number of carbonyl (C=O) groups is 1. The van der Waals surface area contributed by atoms with Crippen molar-refractivity contribution in [2.45, 2.75) is 26.9 Å². The van der Waals surface area contributed by atoms with Gasteiger partial charge >= 0.3 is 0 Å². The fourth-order valence-electron chi connectivity index (χ4n) is 2.29. The van der Waals surface area contributed by atoms with Crippen molar-refractivity contribution < 1.29 is 9.53 Å². The van der Waals surface area contributed by atoms with Crippen LogP contribution in [-0.4, -0.2) is 17.1 Å². The lowest BCUT2D eigenvalue weighted by atomic mass is 10.1. The van der Waals surface area contributed by atoms with E-state index in [1.54, 1.807) is 31.2 Å². The van der Waals surface area contributed by atoms with Gasteiger partial charge in [0.05, 0.1) is 11.6 Å². The molecule has 2 aromatic carbocycles. The van der Waals surface area contributed by atoms with Crippen LogP contribution in [0.15, 0.2) is 42.5 Å². The lowest BCUT2D eigenvalue weighted by Crippen LogP contribution is -2.48. The third kappa shape index (κ3) is 5.76. The average Bonchev–Trinajstić information content (AvgIpc) is 2.59. The zero-order valence-corrected chi connectivity index (χ0v) is 15.6. The Morgan fingerprint density at radius 3 is 2.31 bits per heavy atom. The number of hydrazine groups is 1. The summed E-state index contributed by atoms with van der Waals surface area (Å²) in [6, 6.07) is 14.5. The molecule has 0 aromatic heterocycles. The van der Waals surface area contributed by atoms with Crippen molar-refractivity contribution in [3.05, 3.63) is 59.2 Å². The molecule has 6 nitrogen and oxygen atoms in total. The quantitative estimate of drug-likeness (QED) is 0.568. The molecule has 2 aromatic rings. The number of nitriles is 1. The summed E-state index contributed by atoms with van der Waals surface area (Å²) in [6.07, 6.45) is -0.737. The number of ether oxygens (including phenoxy) is 1. The zero-order chi connectivity index (χ0) is 19.1. The van der Waals surface area contributed by atoms with Crippen LogP contribution < -0.4 is 20.9 Å². The molecule has 0 fully saturated rings. The number of hydrogen-bond acceptors (Lipinski definition) is 4. The highest BCUT2D eigenvalue weighted by molar-refractivity contribution is 7.80. The van der Waals surface area contributed by atoms with Gasteiger partial charge in [-0.2, -0.15) is 5.26 Å². The Balaban J connectivity index is 1.82. The van der Waals surface area contributed by atoms with Crippen molar-refractivity contribution in [2.24, 2.45) is 0 Å². The summed E-state index contributed by atoms with van der Waals surface area (Å²) in [5.74, 6) is 0.126. The normalized spacial score (nSPS) is 11.0. The average molecular weight is 368 g/mol. The molecular formula is C19H20N4O2S. The van der Waals surface area contributed by atoms with E-state index in [4.69, 9.17) is 22.2 Å². The second-order valence-corrected chi connectivity index (χ2v) is 6.25. The van der Waals surface area contributed by atoms with Crippen LogP contribution >= 0.6 is 12.2 Å². The second kappa shape index (κ2) is 8.83. The molecule has 0 saturated heterocycles. The number of hydrogen-bond donors (Lipinski definition) is 3. The highest BCUT2D eigenvalue weighted by Gasteiger charge is 2.14. The molecule has 0 unspecified atom stereocenters. The van der Waals surface area contributed by atoms with Gasteiger partial charge in [0.2, 0.25) is 0 Å². The van der Waals surface area contributed by atoms with Gasteiger partial charge < -0.3 is 10.1 Å². The Kier molecular flexibility index (Phi) is 6.53. The van der Waals surface area contributed by atoms with Gasteiger partial charge in [0.1, 0.15) is 5.75 Å². The van der Waals surface area contributed by atoms with E-state index in [1.165, 1.54) is 0 Å². The van der Waals surface area contributed by atoms with E-state index >= 15 is 0 Å². The van der Waals surface area contributed by atoms with Crippen molar-refractivity contribution in [1.29, 1.82) is 5.26 Å². The van der Waals surface area contributed by atoms with E-state index in [0.717, 1.165) is 16.8 Å². The molecule has 0 aliphatic heterocycles. The number of nitrogens with one attached hydrogen (secondary N) is 3. The minimum Gasteiger partial charge on any atom is -0.481 e. The number of nitrogens with zero attached hydrogens (tertiary/aromatic N) is 1. The van der Waals surface area contributed by atoms with E-state index in [-0.39, 0.29) is 11.0 Å². The fraction of sp³-hybridized carbons (Fsp3) is 0.211. The molecule has 7 heteroatoms. The van der Waals surface area contributed by atoms with E-state index in [2.05, 4.69) is 22.2 Å². The van der Waals surface area contributed by atoms with Crippen molar-refractivity contribution in [2.75, 3.05) is 5.32 Å². The molecule has 0 aliphatic carbocycles. The number of rotatable bonds is 4. The van der Waals surface area contributed by atoms with Crippen molar-refractivity contribution in [3.8, 4) is 11.8 Å². The molecule has 0 radical (unpaired) electrons. The van der Waals surface area contributed by atoms with Gasteiger partial charge in [-0.25, -0.2) is 0 Å². The first kappa shape index (κ1) is 19.2. The third-order valence-electron chi connectivity index (χ3n) is 3.44. The minimum absolute atomic E-state index is 0.272. The van der Waals surface area contributed by atoms with Gasteiger partial charge in [0.25, 0.3) is 5.91 Å². The van der Waals surface area contributed by atoms with E-state index in [0.29, 0.717) is 11.3 Å². The van der Waals surface area contributed by atoms with Crippen LogP contribution in [0.4, 0.5) is 5.69 Å². The number of benzene rings is 2. The van der Waals surface area contributed by atoms with E-state index in [9.17, 15) is 4.79 Å². The van der Waals surface area contributed by atoms with Gasteiger partial charge in [-0.15, -0.1) is 0 Å². The van der Waals surface area contributed by atoms with Crippen molar-refractivity contribution in [1.82, 2.24) is 10.9 Å². The maximum absolute atomic E-state index is 12.1. The van der Waals surface area contributed by atoms with Crippen LogP contribution in [-0.2, 0) is 4.79 Å². The largest absolute Gasteiger partial charge is 0.481 e. The number of aryl methyl sites for hydroxylation is 2. The first-order chi connectivity index (χ1) is 12.4. The SMILES string of the molecule is Cc1cc(C)cc(NC(=S)NNC(=O)[C@H](C)Oc2ccc(C#N)cc2)c1. The number of carbonyl (C=O) groups excluding carboxylic acids is 1. The summed E-state index contributed by atoms with van der Waals surface area (Å²) in [5, 5.41) is 12.1. The van der Waals surface area contributed by atoms with Gasteiger partial charge in [-0.05, 0) is 80.5 Å². The van der Waals surface area contributed by atoms with Gasteiger partial charge in [-0.3, -0.25) is 15.6 Å². The van der Waals surface area contributed by atoms with Crippen LogP contribution in [0.2, 0.25) is 0 Å².